The van der Waals surface area contributed by atoms with E-state index < -0.39 is 39.5 Å². The van der Waals surface area contributed by atoms with Gasteiger partial charge in [0, 0.05) is 12.2 Å². The number of aryl methyl sites for hydroxylation is 2. The largest absolute Gasteiger partial charge is 0.433 e. The lowest BCUT2D eigenvalue weighted by molar-refractivity contribution is -0.141. The number of aromatic nitrogens is 1. The van der Waals surface area contributed by atoms with Gasteiger partial charge in [-0.15, -0.1) is 0 Å². The predicted octanol–water partition coefficient (Wildman–Crippen LogP) is 6.11. The van der Waals surface area contributed by atoms with E-state index in [-0.39, 0.29) is 29.8 Å². The summed E-state index contributed by atoms with van der Waals surface area (Å²) >= 11 is 0. The Kier molecular flexibility index (Phi) is 9.28. The highest BCUT2D eigenvalue weighted by molar-refractivity contribution is 7.92. The van der Waals surface area contributed by atoms with Crippen molar-refractivity contribution in [1.29, 1.82) is 0 Å². The maximum absolute atomic E-state index is 14.4. The maximum Gasteiger partial charge on any atom is 0.433 e. The number of nitrogens with one attached hydrogen (secondary N) is 2. The fraction of sp³-hybridized carbons (Fsp3) is 0.379. The summed E-state index contributed by atoms with van der Waals surface area (Å²) in [6, 6.07) is 13.8. The second kappa shape index (κ2) is 12.0. The van der Waals surface area contributed by atoms with Crippen LogP contribution in [0, 0.1) is 5.82 Å². The number of amides is 1. The zero-order valence-corrected chi connectivity index (χ0v) is 23.8. The molecule has 0 radical (unpaired) electrons. The number of sulfonamides is 1. The van der Waals surface area contributed by atoms with Gasteiger partial charge in [-0.1, -0.05) is 57.2 Å². The van der Waals surface area contributed by atoms with Crippen LogP contribution in [-0.2, 0) is 45.8 Å². The number of hydrogen-bond acceptors (Lipinski definition) is 4. The normalized spacial score (nSPS) is 13.1. The van der Waals surface area contributed by atoms with E-state index in [0.29, 0.717) is 17.5 Å². The van der Waals surface area contributed by atoms with Crippen molar-refractivity contribution < 1.29 is 30.8 Å². The summed E-state index contributed by atoms with van der Waals surface area (Å²) < 4.78 is 79.3. The van der Waals surface area contributed by atoms with Crippen LogP contribution in [0.25, 0.3) is 0 Å². The van der Waals surface area contributed by atoms with E-state index in [9.17, 15) is 30.8 Å². The van der Waals surface area contributed by atoms with Gasteiger partial charge < -0.3 is 5.32 Å². The number of nitrogens with zero attached hydrogens (tertiary/aromatic N) is 1. The van der Waals surface area contributed by atoms with E-state index >= 15 is 0 Å². The Morgan fingerprint density at radius 1 is 0.975 bits per heavy atom. The first-order valence-corrected chi connectivity index (χ1v) is 14.5. The molecule has 1 unspecified atom stereocenters. The molecule has 40 heavy (non-hydrogen) atoms. The van der Waals surface area contributed by atoms with Crippen LogP contribution >= 0.6 is 0 Å². The molecular formula is C29H33F4N3O3S. The monoisotopic (exact) mass is 579 g/mol. The van der Waals surface area contributed by atoms with Crippen molar-refractivity contribution in [2.75, 3.05) is 11.0 Å². The molecule has 1 amide bonds. The van der Waals surface area contributed by atoms with Crippen LogP contribution in [0.4, 0.5) is 23.2 Å². The van der Waals surface area contributed by atoms with Crippen LogP contribution in [0.1, 0.15) is 67.3 Å². The van der Waals surface area contributed by atoms with Crippen LogP contribution in [0.5, 0.6) is 0 Å². The summed E-state index contributed by atoms with van der Waals surface area (Å²) in [6.07, 6.45) is -3.02. The minimum absolute atomic E-state index is 0.0233. The minimum Gasteiger partial charge on any atom is -0.351 e. The second-order valence-electron chi connectivity index (χ2n) is 10.8. The quantitative estimate of drug-likeness (QED) is 0.299. The van der Waals surface area contributed by atoms with Gasteiger partial charge in [-0.25, -0.2) is 17.8 Å². The van der Waals surface area contributed by atoms with Crippen molar-refractivity contribution in [3.8, 4) is 0 Å². The van der Waals surface area contributed by atoms with Gasteiger partial charge in [0.05, 0.1) is 17.9 Å². The van der Waals surface area contributed by atoms with E-state index in [1.54, 1.807) is 6.92 Å². The molecule has 0 bridgehead atoms. The summed E-state index contributed by atoms with van der Waals surface area (Å²) in [4.78, 5) is 16.7. The Morgan fingerprint density at radius 2 is 1.62 bits per heavy atom. The van der Waals surface area contributed by atoms with Crippen LogP contribution in [-0.4, -0.2) is 25.6 Å². The second-order valence-corrected chi connectivity index (χ2v) is 12.5. The van der Waals surface area contributed by atoms with E-state index in [1.165, 1.54) is 18.2 Å². The third-order valence-corrected chi connectivity index (χ3v) is 7.05. The summed E-state index contributed by atoms with van der Waals surface area (Å²) in [5, 5.41) is 2.70. The Balaban J connectivity index is 1.74. The number of hydrogen-bond donors (Lipinski definition) is 2. The molecule has 3 rings (SSSR count). The van der Waals surface area contributed by atoms with Crippen molar-refractivity contribution in [3.63, 3.8) is 0 Å². The highest BCUT2D eigenvalue weighted by atomic mass is 32.2. The molecule has 216 valence electrons. The summed E-state index contributed by atoms with van der Waals surface area (Å²) in [5.41, 5.74) is 1.80. The molecule has 1 aromatic heterocycles. The highest BCUT2D eigenvalue weighted by Crippen LogP contribution is 2.29. The molecule has 3 aromatic rings. The van der Waals surface area contributed by atoms with Crippen molar-refractivity contribution in [2.24, 2.45) is 0 Å². The van der Waals surface area contributed by atoms with Crippen LogP contribution in [0.2, 0.25) is 0 Å². The Hall–Kier alpha value is -3.47. The van der Waals surface area contributed by atoms with Gasteiger partial charge in [0.2, 0.25) is 15.9 Å². The predicted molar refractivity (Wildman–Crippen MR) is 147 cm³/mol. The molecule has 0 aliphatic rings. The first-order chi connectivity index (χ1) is 18.4. The van der Waals surface area contributed by atoms with E-state index in [0.717, 1.165) is 29.5 Å². The number of halogens is 4. The lowest BCUT2D eigenvalue weighted by Crippen LogP contribution is -2.28. The van der Waals surface area contributed by atoms with Gasteiger partial charge in [-0.2, -0.15) is 13.2 Å². The van der Waals surface area contributed by atoms with Crippen molar-refractivity contribution >= 4 is 21.6 Å². The third kappa shape index (κ3) is 8.51. The third-order valence-electron chi connectivity index (χ3n) is 6.46. The molecule has 2 aromatic carbocycles. The number of alkyl halides is 3. The Bertz CT molecular complexity index is 1470. The molecule has 0 saturated heterocycles. The van der Waals surface area contributed by atoms with Gasteiger partial charge in [-0.05, 0) is 65.6 Å². The van der Waals surface area contributed by atoms with Gasteiger partial charge in [0.1, 0.15) is 11.5 Å². The number of carbonyl (C=O) groups is 1. The van der Waals surface area contributed by atoms with Crippen LogP contribution < -0.4 is 10.0 Å². The fourth-order valence-corrected chi connectivity index (χ4v) is 4.63. The average Bonchev–Trinajstić information content (AvgIpc) is 2.85. The van der Waals surface area contributed by atoms with E-state index in [2.05, 4.69) is 35.8 Å². The fourth-order valence-electron chi connectivity index (χ4n) is 4.07. The average molecular weight is 580 g/mol. The highest BCUT2D eigenvalue weighted by Gasteiger charge is 2.33. The molecule has 0 aliphatic heterocycles. The Morgan fingerprint density at radius 3 is 2.17 bits per heavy atom. The summed E-state index contributed by atoms with van der Waals surface area (Å²) in [6.45, 7) is 7.76. The molecule has 1 heterocycles. The standard InChI is InChI=1S/C29H33F4N3O3S/c1-18(20-9-14-25(23(30)16-20)36-40(5,38)39)27(37)34-17-21-10-15-26(29(31,32)33)35-24(21)13-8-19-6-11-22(12-7-19)28(2,3)4/h6-7,9-12,14-16,18,36H,8,13,17H2,1-5H3,(H,34,37). The first-order valence-electron chi connectivity index (χ1n) is 12.6. The Labute approximate surface area is 232 Å². The number of rotatable bonds is 9. The molecular weight excluding hydrogens is 546 g/mol. The van der Waals surface area contributed by atoms with E-state index in [4.69, 9.17) is 0 Å². The topological polar surface area (TPSA) is 88.2 Å². The van der Waals surface area contributed by atoms with Crippen LogP contribution in [0.15, 0.2) is 54.6 Å². The molecule has 11 heteroatoms. The van der Waals surface area contributed by atoms with Crippen molar-refractivity contribution in [3.05, 3.63) is 94.1 Å². The number of anilines is 1. The lowest BCUT2D eigenvalue weighted by Gasteiger charge is -2.19. The van der Waals surface area contributed by atoms with Gasteiger partial charge in [0.25, 0.3) is 0 Å². The zero-order valence-electron chi connectivity index (χ0n) is 23.0. The SMILES string of the molecule is CC(C(=O)NCc1ccc(C(F)(F)F)nc1CCc1ccc(C(C)(C)C)cc1)c1ccc(NS(C)(=O)=O)c(F)c1. The summed E-state index contributed by atoms with van der Waals surface area (Å²) in [7, 11) is -3.68. The molecule has 2 N–H and O–H groups in total. The van der Waals surface area contributed by atoms with Crippen LogP contribution in [0.3, 0.4) is 0 Å². The molecule has 0 spiro atoms. The molecule has 0 saturated carbocycles. The zero-order chi connectivity index (χ0) is 29.9. The maximum atomic E-state index is 14.4. The smallest absolute Gasteiger partial charge is 0.351 e. The summed E-state index contributed by atoms with van der Waals surface area (Å²) in [5.74, 6) is -2.13. The minimum atomic E-state index is -4.61. The number of pyridine rings is 1. The van der Waals surface area contributed by atoms with Crippen molar-refractivity contribution in [2.45, 2.75) is 64.6 Å². The molecule has 6 nitrogen and oxygen atoms in total. The molecule has 0 aliphatic carbocycles. The molecule has 0 fully saturated rings. The van der Waals surface area contributed by atoms with Gasteiger partial charge >= 0.3 is 6.18 Å². The van der Waals surface area contributed by atoms with Gasteiger partial charge in [-0.3, -0.25) is 9.52 Å². The lowest BCUT2D eigenvalue weighted by atomic mass is 9.86. The number of benzene rings is 2. The molecule has 1 atom stereocenters. The first kappa shape index (κ1) is 31.1. The van der Waals surface area contributed by atoms with Crippen molar-refractivity contribution in [1.82, 2.24) is 10.3 Å². The van der Waals surface area contributed by atoms with E-state index in [1.807, 2.05) is 24.3 Å². The number of carbonyl (C=O) groups excluding carboxylic acids is 1. The van der Waals surface area contributed by atoms with Gasteiger partial charge in [0.15, 0.2) is 0 Å².